The van der Waals surface area contributed by atoms with Crippen molar-refractivity contribution in [3.8, 4) is 0 Å². The van der Waals surface area contributed by atoms with Crippen LogP contribution in [0.5, 0.6) is 0 Å². The fourth-order valence-corrected chi connectivity index (χ4v) is 1.38. The molecule has 112 valence electrons. The molecule has 0 fully saturated rings. The van der Waals surface area contributed by atoms with Gasteiger partial charge in [-0.25, -0.2) is 9.59 Å². The Morgan fingerprint density at radius 2 is 1.42 bits per heavy atom. The number of hydrogen-bond donors (Lipinski definition) is 0. The summed E-state index contributed by atoms with van der Waals surface area (Å²) < 4.78 is 14.6. The lowest BCUT2D eigenvalue weighted by Gasteiger charge is -2.12. The van der Waals surface area contributed by atoms with Crippen LogP contribution in [0.2, 0.25) is 0 Å². The molecule has 0 saturated carbocycles. The zero-order chi connectivity index (χ0) is 14.5. The number of rotatable bonds is 10. The van der Waals surface area contributed by atoms with E-state index in [9.17, 15) is 9.59 Å². The number of unbranched alkanes of at least 4 members (excludes halogenated alkanes) is 4. The van der Waals surface area contributed by atoms with E-state index >= 15 is 0 Å². The summed E-state index contributed by atoms with van der Waals surface area (Å²) in [5.41, 5.74) is 0. The van der Waals surface area contributed by atoms with E-state index in [-0.39, 0.29) is 0 Å². The molecule has 19 heavy (non-hydrogen) atoms. The molecule has 0 N–H and O–H groups in total. The minimum Gasteiger partial charge on any atom is -0.463 e. The zero-order valence-electron chi connectivity index (χ0n) is 12.3. The second kappa shape index (κ2) is 11.8. The molecule has 0 amide bonds. The Labute approximate surface area is 115 Å². The lowest BCUT2D eigenvalue weighted by atomic mass is 10.3. The van der Waals surface area contributed by atoms with Crippen molar-refractivity contribution in [3.63, 3.8) is 0 Å². The quantitative estimate of drug-likeness (QED) is 0.451. The van der Waals surface area contributed by atoms with Crippen LogP contribution in [0.25, 0.3) is 0 Å². The van der Waals surface area contributed by atoms with Gasteiger partial charge in [0.05, 0.1) is 13.2 Å². The summed E-state index contributed by atoms with van der Waals surface area (Å²) in [4.78, 5) is 22.7. The Morgan fingerprint density at radius 3 is 1.95 bits per heavy atom. The lowest BCUT2D eigenvalue weighted by molar-refractivity contribution is -0.154. The first kappa shape index (κ1) is 17.7. The SMILES string of the molecule is CCCCCOC(=O)OC(C)C(=O)OCCCCC. The molecular formula is C14H26O5. The first-order chi connectivity index (χ1) is 9.11. The third kappa shape index (κ3) is 10.4. The molecule has 0 aliphatic carbocycles. The normalized spacial score (nSPS) is 11.7. The van der Waals surface area contributed by atoms with Gasteiger partial charge in [-0.3, -0.25) is 0 Å². The molecule has 5 nitrogen and oxygen atoms in total. The average Bonchev–Trinajstić information content (AvgIpc) is 2.39. The number of ether oxygens (including phenoxy) is 3. The maximum absolute atomic E-state index is 11.5. The first-order valence-electron chi connectivity index (χ1n) is 7.11. The van der Waals surface area contributed by atoms with E-state index in [1.54, 1.807) is 0 Å². The molecular weight excluding hydrogens is 248 g/mol. The predicted octanol–water partition coefficient (Wildman–Crippen LogP) is 3.45. The van der Waals surface area contributed by atoms with E-state index < -0.39 is 18.2 Å². The summed E-state index contributed by atoms with van der Waals surface area (Å²) in [6.07, 6.45) is 4.05. The summed E-state index contributed by atoms with van der Waals surface area (Å²) in [7, 11) is 0. The molecule has 1 atom stereocenters. The monoisotopic (exact) mass is 274 g/mol. The lowest BCUT2D eigenvalue weighted by Crippen LogP contribution is -2.27. The molecule has 0 saturated heterocycles. The van der Waals surface area contributed by atoms with Crippen LogP contribution in [0, 0.1) is 0 Å². The van der Waals surface area contributed by atoms with Crippen LogP contribution < -0.4 is 0 Å². The number of hydrogen-bond acceptors (Lipinski definition) is 5. The van der Waals surface area contributed by atoms with Gasteiger partial charge in [-0.15, -0.1) is 0 Å². The highest BCUT2D eigenvalue weighted by Crippen LogP contribution is 2.02. The minimum atomic E-state index is -0.916. The summed E-state index contributed by atoms with van der Waals surface area (Å²) in [5, 5.41) is 0. The molecule has 0 heterocycles. The van der Waals surface area contributed by atoms with E-state index in [1.165, 1.54) is 6.92 Å². The standard InChI is InChI=1S/C14H26O5/c1-4-6-8-10-17-13(15)12(3)19-14(16)18-11-9-7-5-2/h12H,4-11H2,1-3H3. The van der Waals surface area contributed by atoms with Crippen molar-refractivity contribution in [1.29, 1.82) is 0 Å². The Morgan fingerprint density at radius 1 is 0.895 bits per heavy atom. The van der Waals surface area contributed by atoms with Crippen LogP contribution in [0.1, 0.15) is 59.3 Å². The molecule has 0 spiro atoms. The van der Waals surface area contributed by atoms with Gasteiger partial charge in [0, 0.05) is 0 Å². The minimum absolute atomic E-state index is 0.324. The summed E-state index contributed by atoms with van der Waals surface area (Å²) in [6.45, 7) is 6.31. The highest BCUT2D eigenvalue weighted by atomic mass is 16.7. The maximum Gasteiger partial charge on any atom is 0.509 e. The fraction of sp³-hybridized carbons (Fsp3) is 0.857. The predicted molar refractivity (Wildman–Crippen MR) is 71.9 cm³/mol. The summed E-state index contributed by atoms with van der Waals surface area (Å²) in [5.74, 6) is -0.526. The van der Waals surface area contributed by atoms with Crippen molar-refractivity contribution in [2.75, 3.05) is 13.2 Å². The highest BCUT2D eigenvalue weighted by molar-refractivity contribution is 5.76. The van der Waals surface area contributed by atoms with E-state index in [0.717, 1.165) is 38.5 Å². The van der Waals surface area contributed by atoms with Crippen LogP contribution in [-0.2, 0) is 19.0 Å². The van der Waals surface area contributed by atoms with Crippen molar-refractivity contribution in [2.45, 2.75) is 65.4 Å². The number of carbonyl (C=O) groups is 2. The van der Waals surface area contributed by atoms with Crippen LogP contribution in [0.3, 0.4) is 0 Å². The van der Waals surface area contributed by atoms with E-state index in [2.05, 4.69) is 13.8 Å². The van der Waals surface area contributed by atoms with Crippen LogP contribution in [-0.4, -0.2) is 31.4 Å². The van der Waals surface area contributed by atoms with Crippen LogP contribution in [0.15, 0.2) is 0 Å². The third-order valence-electron chi connectivity index (χ3n) is 2.56. The molecule has 0 aromatic heterocycles. The molecule has 0 radical (unpaired) electrons. The third-order valence-corrected chi connectivity index (χ3v) is 2.56. The van der Waals surface area contributed by atoms with E-state index in [4.69, 9.17) is 14.2 Å². The van der Waals surface area contributed by atoms with Gasteiger partial charge in [0.2, 0.25) is 0 Å². The molecule has 1 unspecified atom stereocenters. The van der Waals surface area contributed by atoms with Crippen molar-refractivity contribution in [1.82, 2.24) is 0 Å². The maximum atomic E-state index is 11.5. The Bertz CT molecular complexity index is 252. The average molecular weight is 274 g/mol. The smallest absolute Gasteiger partial charge is 0.463 e. The van der Waals surface area contributed by atoms with E-state index in [1.807, 2.05) is 0 Å². The van der Waals surface area contributed by atoms with Gasteiger partial charge in [-0.2, -0.15) is 0 Å². The van der Waals surface area contributed by atoms with Gasteiger partial charge in [0.25, 0.3) is 0 Å². The topological polar surface area (TPSA) is 61.8 Å². The molecule has 0 aromatic carbocycles. The van der Waals surface area contributed by atoms with Gasteiger partial charge in [0.15, 0.2) is 6.10 Å². The van der Waals surface area contributed by atoms with Crippen LogP contribution in [0.4, 0.5) is 4.79 Å². The first-order valence-corrected chi connectivity index (χ1v) is 7.11. The van der Waals surface area contributed by atoms with Gasteiger partial charge >= 0.3 is 12.1 Å². The number of carbonyl (C=O) groups excluding carboxylic acids is 2. The van der Waals surface area contributed by atoms with Crippen molar-refractivity contribution >= 4 is 12.1 Å². The summed E-state index contributed by atoms with van der Waals surface area (Å²) in [6, 6.07) is 0. The van der Waals surface area contributed by atoms with Crippen molar-refractivity contribution in [3.05, 3.63) is 0 Å². The Hall–Kier alpha value is -1.26. The van der Waals surface area contributed by atoms with Crippen molar-refractivity contribution in [2.24, 2.45) is 0 Å². The number of esters is 1. The zero-order valence-corrected chi connectivity index (χ0v) is 12.3. The molecule has 0 bridgehead atoms. The molecule has 0 aliphatic rings. The molecule has 0 rings (SSSR count). The Kier molecular flexibility index (Phi) is 11.0. The molecule has 0 aliphatic heterocycles. The Balaban J connectivity index is 3.66. The molecule has 5 heteroatoms. The van der Waals surface area contributed by atoms with Gasteiger partial charge in [0.1, 0.15) is 0 Å². The second-order valence-electron chi connectivity index (χ2n) is 4.44. The molecule has 0 aromatic rings. The largest absolute Gasteiger partial charge is 0.509 e. The fourth-order valence-electron chi connectivity index (χ4n) is 1.38. The summed E-state index contributed by atoms with van der Waals surface area (Å²) >= 11 is 0. The van der Waals surface area contributed by atoms with Gasteiger partial charge < -0.3 is 14.2 Å². The van der Waals surface area contributed by atoms with Crippen LogP contribution >= 0.6 is 0 Å². The van der Waals surface area contributed by atoms with Crippen molar-refractivity contribution < 1.29 is 23.8 Å². The van der Waals surface area contributed by atoms with Gasteiger partial charge in [-0.1, -0.05) is 39.5 Å². The second-order valence-corrected chi connectivity index (χ2v) is 4.44. The van der Waals surface area contributed by atoms with Gasteiger partial charge in [-0.05, 0) is 19.8 Å². The van der Waals surface area contributed by atoms with E-state index in [0.29, 0.717) is 13.2 Å². The highest BCUT2D eigenvalue weighted by Gasteiger charge is 2.19.